The van der Waals surface area contributed by atoms with E-state index >= 15 is 0 Å². The van der Waals surface area contributed by atoms with Gasteiger partial charge in [0.15, 0.2) is 0 Å². The molecular formula is C8H6ClF2NO3. The predicted octanol–water partition coefficient (Wildman–Crippen LogP) is 2.12. The minimum atomic E-state index is -2.99. The van der Waals surface area contributed by atoms with Crippen molar-refractivity contribution in [1.29, 1.82) is 0 Å². The maximum absolute atomic E-state index is 11.8. The van der Waals surface area contributed by atoms with Crippen molar-refractivity contribution in [3.05, 3.63) is 23.0 Å². The van der Waals surface area contributed by atoms with E-state index in [1.807, 2.05) is 0 Å². The second-order valence-electron chi connectivity index (χ2n) is 2.38. The Morgan fingerprint density at radius 3 is 2.80 bits per heavy atom. The van der Waals surface area contributed by atoms with Crippen molar-refractivity contribution < 1.29 is 23.0 Å². The molecular weight excluding hydrogens is 232 g/mol. The van der Waals surface area contributed by atoms with Gasteiger partial charge in [-0.1, -0.05) is 11.6 Å². The van der Waals surface area contributed by atoms with Crippen molar-refractivity contribution in [2.75, 3.05) is 7.11 Å². The van der Waals surface area contributed by atoms with Gasteiger partial charge in [0, 0.05) is 0 Å². The average Bonchev–Trinajstić information content (AvgIpc) is 2.19. The molecule has 0 unspecified atom stereocenters. The topological polar surface area (TPSA) is 48.4 Å². The minimum absolute atomic E-state index is 0.127. The van der Waals surface area contributed by atoms with Crippen LogP contribution < -0.4 is 4.74 Å². The average molecular weight is 238 g/mol. The van der Waals surface area contributed by atoms with Crippen molar-refractivity contribution in [3.63, 3.8) is 0 Å². The number of alkyl halides is 2. The molecule has 0 aromatic carbocycles. The summed E-state index contributed by atoms with van der Waals surface area (Å²) in [5.74, 6) is -1.03. The summed E-state index contributed by atoms with van der Waals surface area (Å²) in [5, 5.41) is -0.136. The maximum Gasteiger partial charge on any atom is 0.387 e. The van der Waals surface area contributed by atoms with Gasteiger partial charge in [-0.25, -0.2) is 9.78 Å². The Hall–Kier alpha value is -1.43. The largest absolute Gasteiger partial charge is 0.465 e. The lowest BCUT2D eigenvalue weighted by Gasteiger charge is -2.06. The van der Waals surface area contributed by atoms with Crippen molar-refractivity contribution in [1.82, 2.24) is 4.98 Å². The summed E-state index contributed by atoms with van der Waals surface area (Å²) in [7, 11) is 1.14. The van der Waals surface area contributed by atoms with Crippen molar-refractivity contribution >= 4 is 17.6 Å². The quantitative estimate of drug-likeness (QED) is 0.597. The van der Waals surface area contributed by atoms with Crippen LogP contribution in [0.2, 0.25) is 5.15 Å². The molecule has 1 rings (SSSR count). The number of carbonyl (C=O) groups excluding carboxylic acids is 1. The monoisotopic (exact) mass is 237 g/mol. The highest BCUT2D eigenvalue weighted by atomic mass is 35.5. The van der Waals surface area contributed by atoms with E-state index in [9.17, 15) is 13.6 Å². The number of carbonyl (C=O) groups is 1. The highest BCUT2D eigenvalue weighted by molar-refractivity contribution is 6.32. The van der Waals surface area contributed by atoms with Gasteiger partial charge in [0.25, 0.3) is 0 Å². The summed E-state index contributed by atoms with van der Waals surface area (Å²) in [5.41, 5.74) is -0.127. The van der Waals surface area contributed by atoms with Crippen molar-refractivity contribution in [2.45, 2.75) is 6.61 Å². The van der Waals surface area contributed by atoms with Crippen LogP contribution in [0.1, 0.15) is 10.4 Å². The Balaban J connectivity index is 3.00. The van der Waals surface area contributed by atoms with Crippen LogP contribution >= 0.6 is 11.6 Å². The first-order valence-electron chi connectivity index (χ1n) is 3.73. The molecule has 1 aromatic heterocycles. The van der Waals surface area contributed by atoms with E-state index in [1.54, 1.807) is 0 Å². The van der Waals surface area contributed by atoms with Gasteiger partial charge < -0.3 is 9.47 Å². The van der Waals surface area contributed by atoms with Crippen LogP contribution in [0.25, 0.3) is 0 Å². The minimum Gasteiger partial charge on any atom is -0.465 e. The SMILES string of the molecule is COC(=O)c1cc(OC(F)F)cnc1Cl. The maximum atomic E-state index is 11.8. The van der Waals surface area contributed by atoms with Gasteiger partial charge in [-0.15, -0.1) is 0 Å². The molecule has 7 heteroatoms. The molecule has 0 atom stereocenters. The summed E-state index contributed by atoms with van der Waals surface area (Å²) in [6.45, 7) is -2.99. The van der Waals surface area contributed by atoms with Crippen molar-refractivity contribution in [3.8, 4) is 5.75 Å². The summed E-state index contributed by atoms with van der Waals surface area (Å²) >= 11 is 5.55. The van der Waals surface area contributed by atoms with Crippen LogP contribution in [-0.2, 0) is 4.74 Å². The lowest BCUT2D eigenvalue weighted by molar-refractivity contribution is -0.0501. The van der Waals surface area contributed by atoms with Crippen LogP contribution in [0.15, 0.2) is 12.3 Å². The van der Waals surface area contributed by atoms with E-state index in [4.69, 9.17) is 11.6 Å². The number of halogens is 3. The third-order valence-corrected chi connectivity index (χ3v) is 1.75. The fourth-order valence-electron chi connectivity index (χ4n) is 0.849. The Kier molecular flexibility index (Phi) is 3.79. The van der Waals surface area contributed by atoms with E-state index in [0.717, 1.165) is 19.4 Å². The molecule has 1 aromatic rings. The van der Waals surface area contributed by atoms with E-state index in [1.165, 1.54) is 0 Å². The molecule has 0 saturated heterocycles. The zero-order chi connectivity index (χ0) is 11.4. The van der Waals surface area contributed by atoms with Crippen LogP contribution in [0.5, 0.6) is 5.75 Å². The standard InChI is InChI=1S/C8H6ClF2NO3/c1-14-7(13)5-2-4(15-8(10)11)3-12-6(5)9/h2-3,8H,1H3. The number of hydrogen-bond donors (Lipinski definition) is 0. The molecule has 0 bridgehead atoms. The summed E-state index contributed by atoms with van der Waals surface area (Å²) < 4.78 is 32.1. The highest BCUT2D eigenvalue weighted by Gasteiger charge is 2.14. The van der Waals surface area contributed by atoms with Gasteiger partial charge in [-0.2, -0.15) is 8.78 Å². The summed E-state index contributed by atoms with van der Waals surface area (Å²) in [6.07, 6.45) is 0.987. The second-order valence-corrected chi connectivity index (χ2v) is 2.74. The van der Waals surface area contributed by atoms with Crippen LogP contribution in [0, 0.1) is 0 Å². The van der Waals surface area contributed by atoms with Gasteiger partial charge >= 0.3 is 12.6 Å². The molecule has 4 nitrogen and oxygen atoms in total. The van der Waals surface area contributed by atoms with Gasteiger partial charge in [-0.3, -0.25) is 0 Å². The Morgan fingerprint density at radius 2 is 2.27 bits per heavy atom. The summed E-state index contributed by atoms with van der Waals surface area (Å²) in [4.78, 5) is 14.6. The number of ether oxygens (including phenoxy) is 2. The van der Waals surface area contributed by atoms with E-state index in [0.29, 0.717) is 0 Å². The van der Waals surface area contributed by atoms with E-state index < -0.39 is 12.6 Å². The number of aromatic nitrogens is 1. The lowest BCUT2D eigenvalue weighted by atomic mass is 10.3. The third kappa shape index (κ3) is 3.02. The highest BCUT2D eigenvalue weighted by Crippen LogP contribution is 2.21. The molecule has 0 amide bonds. The van der Waals surface area contributed by atoms with Gasteiger partial charge in [0.1, 0.15) is 16.5 Å². The van der Waals surface area contributed by atoms with Crippen LogP contribution in [-0.4, -0.2) is 24.7 Å². The number of methoxy groups -OCH3 is 1. The molecule has 0 fully saturated rings. The number of rotatable bonds is 3. The number of nitrogens with zero attached hydrogens (tertiary/aromatic N) is 1. The third-order valence-electron chi connectivity index (χ3n) is 1.44. The van der Waals surface area contributed by atoms with Gasteiger partial charge in [0.2, 0.25) is 0 Å². The molecule has 0 saturated carbocycles. The van der Waals surface area contributed by atoms with Crippen molar-refractivity contribution in [2.24, 2.45) is 0 Å². The predicted molar refractivity (Wildman–Crippen MR) is 47.2 cm³/mol. The molecule has 0 spiro atoms. The van der Waals surface area contributed by atoms with E-state index in [2.05, 4.69) is 14.5 Å². The smallest absolute Gasteiger partial charge is 0.387 e. The molecule has 0 N–H and O–H groups in total. The Labute approximate surface area is 88.8 Å². The fourth-order valence-corrected chi connectivity index (χ4v) is 1.03. The molecule has 0 aliphatic rings. The van der Waals surface area contributed by atoms with Gasteiger partial charge in [0.05, 0.1) is 13.3 Å². The Morgan fingerprint density at radius 1 is 1.60 bits per heavy atom. The number of hydrogen-bond acceptors (Lipinski definition) is 4. The second kappa shape index (κ2) is 4.88. The first-order chi connectivity index (χ1) is 7.04. The normalized spacial score (nSPS) is 10.2. The van der Waals surface area contributed by atoms with Gasteiger partial charge in [-0.05, 0) is 6.07 Å². The lowest BCUT2D eigenvalue weighted by Crippen LogP contribution is -2.06. The first-order valence-corrected chi connectivity index (χ1v) is 4.11. The fraction of sp³-hybridized carbons (Fsp3) is 0.250. The molecule has 1 heterocycles. The number of esters is 1. The van der Waals surface area contributed by atoms with E-state index in [-0.39, 0.29) is 16.5 Å². The van der Waals surface area contributed by atoms with Crippen LogP contribution in [0.4, 0.5) is 8.78 Å². The molecule has 15 heavy (non-hydrogen) atoms. The molecule has 0 aliphatic carbocycles. The number of pyridine rings is 1. The molecule has 0 aliphatic heterocycles. The zero-order valence-corrected chi connectivity index (χ0v) is 8.29. The molecule has 82 valence electrons. The Bertz CT molecular complexity index is 373. The first kappa shape index (κ1) is 11.6. The molecule has 0 radical (unpaired) electrons. The summed E-state index contributed by atoms with van der Waals surface area (Å²) in [6, 6.07) is 1.04. The zero-order valence-electron chi connectivity index (χ0n) is 7.54. The van der Waals surface area contributed by atoms with Crippen LogP contribution in [0.3, 0.4) is 0 Å².